The van der Waals surface area contributed by atoms with Crippen LogP contribution in [0.5, 0.6) is 11.5 Å². The number of carbonyl (C=O) groups excluding carboxylic acids is 1. The van der Waals surface area contributed by atoms with Crippen molar-refractivity contribution in [2.75, 3.05) is 6.61 Å². The van der Waals surface area contributed by atoms with Crippen LogP contribution in [0.15, 0.2) is 47.0 Å². The second kappa shape index (κ2) is 7.88. The van der Waals surface area contributed by atoms with Crippen molar-refractivity contribution in [3.63, 3.8) is 0 Å². The predicted molar refractivity (Wildman–Crippen MR) is 95.2 cm³/mol. The van der Waals surface area contributed by atoms with Crippen LogP contribution in [0.3, 0.4) is 0 Å². The summed E-state index contributed by atoms with van der Waals surface area (Å²) in [6.07, 6.45) is 0. The highest BCUT2D eigenvalue weighted by Crippen LogP contribution is 2.28. The third-order valence-electron chi connectivity index (χ3n) is 3.46. The maximum Gasteiger partial charge on any atom is 0.264 e. The molecule has 3 aromatic rings. The van der Waals surface area contributed by atoms with Crippen molar-refractivity contribution in [3.8, 4) is 22.9 Å². The lowest BCUT2D eigenvalue weighted by atomic mass is 10.2. The predicted octanol–water partition coefficient (Wildman–Crippen LogP) is 3.47. The number of aromatic nitrogens is 2. The molecule has 0 aliphatic rings. The number of nitrogens with two attached hydrogens (primary N) is 1. The lowest BCUT2D eigenvalue weighted by Gasteiger charge is -2.08. The summed E-state index contributed by atoms with van der Waals surface area (Å²) in [4.78, 5) is 15.8. The molecule has 1 aromatic heterocycles. The van der Waals surface area contributed by atoms with Crippen LogP contribution in [0, 0.1) is 0 Å². The first kappa shape index (κ1) is 17.8. The fourth-order valence-electron chi connectivity index (χ4n) is 2.31. The molecule has 1 amide bonds. The van der Waals surface area contributed by atoms with E-state index < -0.39 is 5.91 Å². The summed E-state index contributed by atoms with van der Waals surface area (Å²) in [5.41, 5.74) is 6.26. The van der Waals surface area contributed by atoms with Gasteiger partial charge in [-0.2, -0.15) is 4.98 Å². The van der Waals surface area contributed by atoms with Gasteiger partial charge in [-0.25, -0.2) is 0 Å². The average Bonchev–Trinajstić information content (AvgIpc) is 3.09. The van der Waals surface area contributed by atoms with Gasteiger partial charge in [-0.3, -0.25) is 4.79 Å². The van der Waals surface area contributed by atoms with Crippen LogP contribution in [0.4, 0.5) is 0 Å². The second-order valence-corrected chi connectivity index (χ2v) is 5.67. The molecule has 0 unspecified atom stereocenters. The summed E-state index contributed by atoms with van der Waals surface area (Å²) < 4.78 is 16.4. The number of primary amides is 1. The monoisotopic (exact) mass is 373 g/mol. The smallest absolute Gasteiger partial charge is 0.264 e. The van der Waals surface area contributed by atoms with E-state index in [1.165, 1.54) is 12.1 Å². The minimum atomic E-state index is -0.617. The van der Waals surface area contributed by atoms with Gasteiger partial charge in [-0.05, 0) is 37.3 Å². The third kappa shape index (κ3) is 3.94. The Labute approximate surface area is 154 Å². The van der Waals surface area contributed by atoms with Crippen molar-refractivity contribution >= 4 is 17.5 Å². The van der Waals surface area contributed by atoms with Crippen molar-refractivity contribution in [2.45, 2.75) is 13.5 Å². The van der Waals surface area contributed by atoms with Crippen LogP contribution in [-0.4, -0.2) is 22.7 Å². The molecule has 26 heavy (non-hydrogen) atoms. The number of benzene rings is 2. The lowest BCUT2D eigenvalue weighted by molar-refractivity contribution is 0.0995. The number of amides is 1. The Morgan fingerprint density at radius 2 is 2.00 bits per heavy atom. The molecule has 134 valence electrons. The molecule has 0 radical (unpaired) electrons. The molecule has 3 rings (SSSR count). The van der Waals surface area contributed by atoms with E-state index in [9.17, 15) is 4.79 Å². The summed E-state index contributed by atoms with van der Waals surface area (Å²) >= 11 is 5.94. The highest BCUT2D eigenvalue weighted by Gasteiger charge is 2.15. The van der Waals surface area contributed by atoms with Crippen LogP contribution in [0.2, 0.25) is 5.02 Å². The Bertz CT molecular complexity index is 926. The SMILES string of the molecule is CCOc1ccccc1-c1noc(COc2cc(Cl)ccc2C(N)=O)n1. The summed E-state index contributed by atoms with van der Waals surface area (Å²) in [6, 6.07) is 11.9. The quantitative estimate of drug-likeness (QED) is 0.680. The fourth-order valence-corrected chi connectivity index (χ4v) is 2.48. The fraction of sp³-hybridized carbons (Fsp3) is 0.167. The van der Waals surface area contributed by atoms with Crippen LogP contribution >= 0.6 is 11.6 Å². The van der Waals surface area contributed by atoms with E-state index >= 15 is 0 Å². The van der Waals surface area contributed by atoms with E-state index in [-0.39, 0.29) is 23.8 Å². The van der Waals surface area contributed by atoms with Crippen LogP contribution in [-0.2, 0) is 6.61 Å². The van der Waals surface area contributed by atoms with Gasteiger partial charge in [0.05, 0.1) is 17.7 Å². The number of para-hydroxylation sites is 1. The molecule has 0 fully saturated rings. The average molecular weight is 374 g/mol. The van der Waals surface area contributed by atoms with Crippen molar-refractivity contribution in [2.24, 2.45) is 5.73 Å². The van der Waals surface area contributed by atoms with Gasteiger partial charge in [-0.15, -0.1) is 0 Å². The van der Waals surface area contributed by atoms with Gasteiger partial charge < -0.3 is 19.7 Å². The molecule has 0 atom stereocenters. The molecule has 2 aromatic carbocycles. The minimum Gasteiger partial charge on any atom is -0.493 e. The first-order valence-electron chi connectivity index (χ1n) is 7.85. The van der Waals surface area contributed by atoms with E-state index in [2.05, 4.69) is 10.1 Å². The summed E-state index contributed by atoms with van der Waals surface area (Å²) in [6.45, 7) is 2.38. The first-order valence-corrected chi connectivity index (χ1v) is 8.23. The van der Waals surface area contributed by atoms with Crippen molar-refractivity contribution in [1.29, 1.82) is 0 Å². The molecule has 0 spiro atoms. The molecule has 0 bridgehead atoms. The van der Waals surface area contributed by atoms with E-state index in [0.717, 1.165) is 0 Å². The van der Waals surface area contributed by atoms with E-state index in [0.29, 0.717) is 28.8 Å². The summed E-state index contributed by atoms with van der Waals surface area (Å²) in [5, 5.41) is 4.37. The third-order valence-corrected chi connectivity index (χ3v) is 3.69. The molecular weight excluding hydrogens is 358 g/mol. The summed E-state index contributed by atoms with van der Waals surface area (Å²) in [7, 11) is 0. The van der Waals surface area contributed by atoms with Gasteiger partial charge in [-0.1, -0.05) is 28.9 Å². The van der Waals surface area contributed by atoms with Crippen LogP contribution < -0.4 is 15.2 Å². The Balaban J connectivity index is 1.78. The molecule has 1 heterocycles. The topological polar surface area (TPSA) is 100 Å². The highest BCUT2D eigenvalue weighted by molar-refractivity contribution is 6.30. The van der Waals surface area contributed by atoms with E-state index in [1.807, 2.05) is 31.2 Å². The van der Waals surface area contributed by atoms with Gasteiger partial charge in [0.1, 0.15) is 11.5 Å². The molecule has 0 saturated carbocycles. The number of nitrogens with zero attached hydrogens (tertiary/aromatic N) is 2. The number of hydrogen-bond acceptors (Lipinski definition) is 6. The van der Waals surface area contributed by atoms with Crippen molar-refractivity contribution < 1.29 is 18.8 Å². The van der Waals surface area contributed by atoms with Gasteiger partial charge in [0.15, 0.2) is 6.61 Å². The van der Waals surface area contributed by atoms with Gasteiger partial charge in [0.2, 0.25) is 5.82 Å². The molecule has 0 saturated heterocycles. The highest BCUT2D eigenvalue weighted by atomic mass is 35.5. The van der Waals surface area contributed by atoms with E-state index in [4.69, 9.17) is 31.3 Å². The Hall–Kier alpha value is -3.06. The minimum absolute atomic E-state index is 0.0373. The second-order valence-electron chi connectivity index (χ2n) is 5.23. The van der Waals surface area contributed by atoms with Gasteiger partial charge in [0.25, 0.3) is 11.8 Å². The number of rotatable bonds is 7. The van der Waals surface area contributed by atoms with Gasteiger partial charge in [0, 0.05) is 5.02 Å². The summed E-state index contributed by atoms with van der Waals surface area (Å²) in [5.74, 6) is 0.915. The Morgan fingerprint density at radius 1 is 1.19 bits per heavy atom. The number of carbonyl (C=O) groups is 1. The number of halogens is 1. The first-order chi connectivity index (χ1) is 12.6. The molecule has 0 aliphatic heterocycles. The van der Waals surface area contributed by atoms with Crippen molar-refractivity contribution in [3.05, 3.63) is 58.9 Å². The standard InChI is InChI=1S/C18H16ClN3O4/c1-2-24-14-6-4-3-5-13(14)18-21-16(26-22-18)10-25-15-9-11(19)7-8-12(15)17(20)23/h3-9H,2,10H2,1H3,(H2,20,23). The van der Waals surface area contributed by atoms with E-state index in [1.54, 1.807) is 6.07 Å². The van der Waals surface area contributed by atoms with Gasteiger partial charge >= 0.3 is 0 Å². The zero-order valence-corrected chi connectivity index (χ0v) is 14.7. The van der Waals surface area contributed by atoms with Crippen LogP contribution in [0.1, 0.15) is 23.2 Å². The molecule has 0 aliphatic carbocycles. The number of hydrogen-bond donors (Lipinski definition) is 1. The number of ether oxygens (including phenoxy) is 2. The Kier molecular flexibility index (Phi) is 5.38. The zero-order valence-electron chi connectivity index (χ0n) is 13.9. The van der Waals surface area contributed by atoms with Crippen LogP contribution in [0.25, 0.3) is 11.4 Å². The lowest BCUT2D eigenvalue weighted by Crippen LogP contribution is -2.13. The zero-order chi connectivity index (χ0) is 18.5. The molecular formula is C18H16ClN3O4. The van der Waals surface area contributed by atoms with Crippen molar-refractivity contribution in [1.82, 2.24) is 10.1 Å². The largest absolute Gasteiger partial charge is 0.493 e. The maximum atomic E-state index is 11.5. The molecule has 2 N–H and O–H groups in total. The normalized spacial score (nSPS) is 10.5. The Morgan fingerprint density at radius 3 is 2.77 bits per heavy atom. The molecule has 7 nitrogen and oxygen atoms in total. The maximum absolute atomic E-state index is 11.5. The molecule has 8 heteroatoms.